The van der Waals surface area contributed by atoms with E-state index in [-0.39, 0.29) is 6.10 Å². The summed E-state index contributed by atoms with van der Waals surface area (Å²) in [5, 5.41) is 0. The molecule has 0 amide bonds. The van der Waals surface area contributed by atoms with Gasteiger partial charge in [-0.25, -0.2) is 0 Å². The number of hydrogen-bond acceptors (Lipinski definition) is 4. The molecule has 1 aliphatic rings. The number of aromatic nitrogens is 2. The maximum absolute atomic E-state index is 6.30. The molecule has 4 nitrogen and oxygen atoms in total. The van der Waals surface area contributed by atoms with Crippen LogP contribution in [0, 0.1) is 0 Å². The first kappa shape index (κ1) is 15.8. The van der Waals surface area contributed by atoms with Gasteiger partial charge in [-0.3, -0.25) is 14.9 Å². The molecule has 4 heteroatoms. The maximum Gasteiger partial charge on any atom is 0.146 e. The molecule has 2 aromatic heterocycles. The van der Waals surface area contributed by atoms with Crippen LogP contribution in [-0.2, 0) is 6.54 Å². The Kier molecular flexibility index (Phi) is 4.70. The molecule has 0 N–H and O–H groups in total. The Hall–Kier alpha value is -2.72. The zero-order valence-electron chi connectivity index (χ0n) is 14.1. The molecule has 1 aromatic carbocycles. The first-order valence-corrected chi connectivity index (χ1v) is 8.67. The molecule has 3 aromatic rings. The second kappa shape index (κ2) is 7.45. The van der Waals surface area contributed by atoms with Crippen molar-refractivity contribution in [2.24, 2.45) is 0 Å². The summed E-state index contributed by atoms with van der Waals surface area (Å²) in [4.78, 5) is 11.0. The predicted octanol–water partition coefficient (Wildman–Crippen LogP) is 3.80. The number of hydrogen-bond donors (Lipinski definition) is 0. The molecule has 1 aliphatic heterocycles. The van der Waals surface area contributed by atoms with Crippen molar-refractivity contribution in [3.63, 3.8) is 0 Å². The molecule has 0 aliphatic carbocycles. The molecule has 1 saturated heterocycles. The Morgan fingerprint density at radius 3 is 2.64 bits per heavy atom. The lowest BCUT2D eigenvalue weighted by atomic mass is 10.1. The van der Waals surface area contributed by atoms with Crippen molar-refractivity contribution in [1.82, 2.24) is 14.9 Å². The molecule has 1 fully saturated rings. The van der Waals surface area contributed by atoms with Gasteiger partial charge in [0.25, 0.3) is 0 Å². The Morgan fingerprint density at radius 1 is 0.960 bits per heavy atom. The van der Waals surface area contributed by atoms with Crippen molar-refractivity contribution in [2.75, 3.05) is 13.1 Å². The second-order valence-corrected chi connectivity index (χ2v) is 6.34. The van der Waals surface area contributed by atoms with Crippen molar-refractivity contribution in [1.29, 1.82) is 0 Å². The van der Waals surface area contributed by atoms with Gasteiger partial charge in [-0.1, -0.05) is 30.3 Å². The Bertz CT molecular complexity index is 808. The van der Waals surface area contributed by atoms with Crippen LogP contribution in [0.4, 0.5) is 0 Å². The van der Waals surface area contributed by atoms with E-state index in [1.165, 1.54) is 5.56 Å². The van der Waals surface area contributed by atoms with Crippen molar-refractivity contribution in [3.05, 3.63) is 78.8 Å². The van der Waals surface area contributed by atoms with Gasteiger partial charge in [-0.2, -0.15) is 0 Å². The molecule has 25 heavy (non-hydrogen) atoms. The molecule has 0 bridgehead atoms. The van der Waals surface area contributed by atoms with Gasteiger partial charge in [0, 0.05) is 43.8 Å². The quantitative estimate of drug-likeness (QED) is 0.713. The van der Waals surface area contributed by atoms with Crippen LogP contribution < -0.4 is 4.74 Å². The van der Waals surface area contributed by atoms with Crippen molar-refractivity contribution in [3.8, 4) is 17.0 Å². The zero-order chi connectivity index (χ0) is 16.9. The van der Waals surface area contributed by atoms with Gasteiger partial charge in [0.2, 0.25) is 0 Å². The van der Waals surface area contributed by atoms with E-state index in [4.69, 9.17) is 4.74 Å². The summed E-state index contributed by atoms with van der Waals surface area (Å²) in [5.41, 5.74) is 3.26. The van der Waals surface area contributed by atoms with E-state index < -0.39 is 0 Å². The molecule has 0 spiro atoms. The lowest BCUT2D eigenvalue weighted by Crippen LogP contribution is -2.24. The molecule has 1 atom stereocenters. The monoisotopic (exact) mass is 331 g/mol. The molecule has 126 valence electrons. The maximum atomic E-state index is 6.30. The topological polar surface area (TPSA) is 38.2 Å². The standard InChI is InChI=1S/C21H21N3O/c1-2-5-17(6-3-1)15-24-14-10-19(16-24)25-20-7-4-11-23-21(20)18-8-12-22-13-9-18/h1-9,11-13,19H,10,14-16H2. The van der Waals surface area contributed by atoms with Crippen molar-refractivity contribution in [2.45, 2.75) is 19.1 Å². The number of rotatable bonds is 5. The normalized spacial score (nSPS) is 17.5. The summed E-state index contributed by atoms with van der Waals surface area (Å²) < 4.78 is 6.30. The van der Waals surface area contributed by atoms with Crippen molar-refractivity contribution >= 4 is 0 Å². The molecule has 3 heterocycles. The van der Waals surface area contributed by atoms with Crippen LogP contribution in [0.2, 0.25) is 0 Å². The van der Waals surface area contributed by atoms with Crippen LogP contribution in [-0.4, -0.2) is 34.1 Å². The fraction of sp³-hybridized carbons (Fsp3) is 0.238. The highest BCUT2D eigenvalue weighted by Crippen LogP contribution is 2.29. The first-order valence-electron chi connectivity index (χ1n) is 8.67. The molecular weight excluding hydrogens is 310 g/mol. The minimum atomic E-state index is 0.202. The van der Waals surface area contributed by atoms with E-state index in [2.05, 4.69) is 45.2 Å². The third-order valence-corrected chi connectivity index (χ3v) is 4.50. The molecular formula is C21H21N3O. The minimum Gasteiger partial charge on any atom is -0.487 e. The number of pyridine rings is 2. The van der Waals surface area contributed by atoms with E-state index in [9.17, 15) is 0 Å². The second-order valence-electron chi connectivity index (χ2n) is 6.34. The van der Waals surface area contributed by atoms with Gasteiger partial charge in [-0.15, -0.1) is 0 Å². The first-order chi connectivity index (χ1) is 12.4. The highest BCUT2D eigenvalue weighted by atomic mass is 16.5. The third-order valence-electron chi connectivity index (χ3n) is 4.50. The fourth-order valence-corrected chi connectivity index (χ4v) is 3.27. The number of benzene rings is 1. The van der Waals surface area contributed by atoms with Gasteiger partial charge < -0.3 is 4.74 Å². The average molecular weight is 331 g/mol. The highest BCUT2D eigenvalue weighted by Gasteiger charge is 2.25. The lowest BCUT2D eigenvalue weighted by Gasteiger charge is -2.18. The number of likely N-dealkylation sites (tertiary alicyclic amines) is 1. The Morgan fingerprint density at radius 2 is 1.80 bits per heavy atom. The van der Waals surface area contributed by atoms with E-state index in [0.717, 1.165) is 43.1 Å². The van der Waals surface area contributed by atoms with Gasteiger partial charge >= 0.3 is 0 Å². The van der Waals surface area contributed by atoms with E-state index in [0.29, 0.717) is 0 Å². The van der Waals surface area contributed by atoms with E-state index >= 15 is 0 Å². The smallest absolute Gasteiger partial charge is 0.146 e. The van der Waals surface area contributed by atoms with Crippen LogP contribution in [0.1, 0.15) is 12.0 Å². The summed E-state index contributed by atoms with van der Waals surface area (Å²) in [6.07, 6.45) is 6.61. The molecule has 0 saturated carbocycles. The lowest BCUT2D eigenvalue weighted by molar-refractivity contribution is 0.198. The van der Waals surface area contributed by atoms with E-state index in [1.54, 1.807) is 18.6 Å². The predicted molar refractivity (Wildman–Crippen MR) is 98.2 cm³/mol. The molecule has 1 unspecified atom stereocenters. The largest absolute Gasteiger partial charge is 0.487 e. The SMILES string of the molecule is c1ccc(CN2CCC(Oc3cccnc3-c3ccncc3)C2)cc1. The van der Waals surface area contributed by atoms with Crippen LogP contribution in [0.5, 0.6) is 5.75 Å². The van der Waals surface area contributed by atoms with Gasteiger partial charge in [0.15, 0.2) is 0 Å². The Labute approximate surface area is 148 Å². The number of nitrogens with zero attached hydrogens (tertiary/aromatic N) is 3. The van der Waals surface area contributed by atoms with E-state index in [1.807, 2.05) is 24.3 Å². The fourth-order valence-electron chi connectivity index (χ4n) is 3.27. The number of ether oxygens (including phenoxy) is 1. The molecule has 4 rings (SSSR count). The summed E-state index contributed by atoms with van der Waals surface area (Å²) in [5.74, 6) is 0.847. The summed E-state index contributed by atoms with van der Waals surface area (Å²) in [7, 11) is 0. The minimum absolute atomic E-state index is 0.202. The van der Waals surface area contributed by atoms with Gasteiger partial charge in [-0.05, 0) is 36.2 Å². The average Bonchev–Trinajstić information content (AvgIpc) is 3.10. The van der Waals surface area contributed by atoms with Gasteiger partial charge in [0.05, 0.1) is 0 Å². The Balaban J connectivity index is 1.44. The summed E-state index contributed by atoms with van der Waals surface area (Å²) in [6.45, 7) is 2.98. The van der Waals surface area contributed by atoms with Crippen LogP contribution in [0.15, 0.2) is 73.2 Å². The molecule has 0 radical (unpaired) electrons. The van der Waals surface area contributed by atoms with Crippen LogP contribution >= 0.6 is 0 Å². The van der Waals surface area contributed by atoms with Crippen LogP contribution in [0.25, 0.3) is 11.3 Å². The summed E-state index contributed by atoms with van der Waals surface area (Å²) >= 11 is 0. The van der Waals surface area contributed by atoms with Crippen LogP contribution in [0.3, 0.4) is 0 Å². The van der Waals surface area contributed by atoms with Crippen molar-refractivity contribution < 1.29 is 4.74 Å². The third kappa shape index (κ3) is 3.86. The zero-order valence-corrected chi connectivity index (χ0v) is 14.1. The highest BCUT2D eigenvalue weighted by molar-refractivity contribution is 5.65. The summed E-state index contributed by atoms with van der Waals surface area (Å²) in [6, 6.07) is 18.5. The van der Waals surface area contributed by atoms with Gasteiger partial charge in [0.1, 0.15) is 17.5 Å².